The van der Waals surface area contributed by atoms with E-state index < -0.39 is 45.2 Å². The Hall–Kier alpha value is -0.610. The second kappa shape index (κ2) is 7.19. The lowest BCUT2D eigenvalue weighted by molar-refractivity contribution is -0.296. The van der Waals surface area contributed by atoms with E-state index >= 15 is 0 Å². The van der Waals surface area contributed by atoms with Crippen LogP contribution in [0.4, 0.5) is 26.3 Å². The van der Waals surface area contributed by atoms with Crippen LogP contribution >= 0.6 is 38.5 Å². The van der Waals surface area contributed by atoms with Gasteiger partial charge in [-0.3, -0.25) is 4.79 Å². The van der Waals surface area contributed by atoms with Crippen LogP contribution in [0.5, 0.6) is 0 Å². The zero-order valence-corrected chi connectivity index (χ0v) is 16.1. The third-order valence-corrected chi connectivity index (χ3v) is 5.01. The first kappa shape index (κ1) is 22.4. The predicted molar refractivity (Wildman–Crippen MR) is 83.7 cm³/mol. The van der Waals surface area contributed by atoms with Crippen molar-refractivity contribution in [3.8, 4) is 0 Å². The largest absolute Gasteiger partial charge is 0.748 e. The molecule has 0 spiro atoms. The zero-order valence-electron chi connectivity index (χ0n) is 11.5. The average Bonchev–Trinajstić information content (AvgIpc) is 2.36. The van der Waals surface area contributed by atoms with E-state index in [0.717, 1.165) is 6.07 Å². The van der Waals surface area contributed by atoms with Gasteiger partial charge >= 0.3 is 12.4 Å². The van der Waals surface area contributed by atoms with Gasteiger partial charge in [0.15, 0.2) is 0 Å². The number of nitrogens with one attached hydrogen (secondary N) is 1. The van der Waals surface area contributed by atoms with Crippen molar-refractivity contribution in [3.05, 3.63) is 31.8 Å². The van der Waals surface area contributed by atoms with Gasteiger partial charge < -0.3 is 9.87 Å². The highest BCUT2D eigenvalue weighted by Gasteiger charge is 2.72. The van der Waals surface area contributed by atoms with Gasteiger partial charge in [0, 0.05) is 8.04 Å². The molecule has 1 aromatic carbocycles. The lowest BCUT2D eigenvalue weighted by atomic mass is 9.99. The van der Waals surface area contributed by atoms with Crippen molar-refractivity contribution in [1.29, 1.82) is 0 Å². The molecule has 14 heteroatoms. The first-order valence-electron chi connectivity index (χ1n) is 5.85. The molecular weight excluding hydrogens is 563 g/mol. The van der Waals surface area contributed by atoms with Gasteiger partial charge in [0.25, 0.3) is 5.91 Å². The van der Waals surface area contributed by atoms with Crippen molar-refractivity contribution in [2.75, 3.05) is 5.75 Å². The maximum atomic E-state index is 13.1. The second-order valence-electron chi connectivity index (χ2n) is 4.68. The lowest BCUT2D eigenvalue weighted by Crippen LogP contribution is -2.70. The first-order valence-corrected chi connectivity index (χ1v) is 9.30. The highest BCUT2D eigenvalue weighted by Crippen LogP contribution is 2.44. The van der Waals surface area contributed by atoms with Gasteiger partial charge in [0.2, 0.25) is 5.54 Å². The van der Waals surface area contributed by atoms with Gasteiger partial charge in [-0.25, -0.2) is 8.42 Å². The van der Waals surface area contributed by atoms with Crippen molar-refractivity contribution >= 4 is 54.5 Å². The standard InChI is InChI=1S/C11H7BrF6INO4S/c12-7-2-1-5(19)3-6(7)8(21)20-9(10(13,14)15,11(16,17)18)4-25(22,23)24/h1-3H,4H2,(H,20,21)(H,22,23,24)/p-1. The van der Waals surface area contributed by atoms with E-state index in [-0.39, 0.29) is 4.47 Å². The lowest BCUT2D eigenvalue weighted by Gasteiger charge is -2.38. The molecule has 0 radical (unpaired) electrons. The van der Waals surface area contributed by atoms with Gasteiger partial charge in [-0.05, 0) is 56.7 Å². The number of alkyl halides is 6. The molecule has 0 aliphatic heterocycles. The molecule has 1 aromatic rings. The maximum Gasteiger partial charge on any atom is 0.421 e. The fraction of sp³-hybridized carbons (Fsp3) is 0.364. The fourth-order valence-electron chi connectivity index (χ4n) is 1.70. The molecule has 0 fully saturated rings. The minimum atomic E-state index is -6.30. The van der Waals surface area contributed by atoms with Crippen molar-refractivity contribution in [3.63, 3.8) is 0 Å². The van der Waals surface area contributed by atoms with E-state index in [2.05, 4.69) is 15.9 Å². The molecule has 0 aliphatic rings. The Morgan fingerprint density at radius 3 is 2.04 bits per heavy atom. The van der Waals surface area contributed by atoms with E-state index in [1.165, 1.54) is 12.1 Å². The van der Waals surface area contributed by atoms with Gasteiger partial charge in [0.05, 0.1) is 21.4 Å². The molecule has 0 atom stereocenters. The molecule has 0 aliphatic carbocycles. The minimum absolute atomic E-state index is 0.131. The summed E-state index contributed by atoms with van der Waals surface area (Å²) in [4.78, 5) is 12.0. The number of carbonyl (C=O) groups excluding carboxylic acids is 1. The SMILES string of the molecule is O=C(NC(CS(=O)(=O)[O-])(C(F)(F)F)C(F)(F)F)c1cc(I)ccc1Br. The summed E-state index contributed by atoms with van der Waals surface area (Å²) < 4.78 is 111. The Morgan fingerprint density at radius 2 is 1.64 bits per heavy atom. The second-order valence-corrected chi connectivity index (χ2v) is 8.19. The van der Waals surface area contributed by atoms with Crippen LogP contribution in [-0.4, -0.2) is 42.5 Å². The molecule has 0 aromatic heterocycles. The molecule has 1 rings (SSSR count). The van der Waals surface area contributed by atoms with Crippen molar-refractivity contribution in [2.24, 2.45) is 0 Å². The molecule has 0 unspecified atom stereocenters. The van der Waals surface area contributed by atoms with Gasteiger partial charge in [-0.15, -0.1) is 0 Å². The summed E-state index contributed by atoms with van der Waals surface area (Å²) in [5.41, 5.74) is -5.86. The fourth-order valence-corrected chi connectivity index (χ4v) is 3.55. The normalized spacial score (nSPS) is 13.6. The third-order valence-electron chi connectivity index (χ3n) is 2.86. The summed E-state index contributed by atoms with van der Waals surface area (Å²) in [5, 5.41) is 0.650. The molecule has 0 bridgehead atoms. The maximum absolute atomic E-state index is 13.1. The zero-order chi connectivity index (χ0) is 19.8. The monoisotopic (exact) mass is 568 g/mol. The molecule has 1 amide bonds. The summed E-state index contributed by atoms with van der Waals surface area (Å²) in [7, 11) is -6.01. The number of carbonyl (C=O) groups is 1. The van der Waals surface area contributed by atoms with E-state index in [4.69, 9.17) is 0 Å². The van der Waals surface area contributed by atoms with Crippen LogP contribution in [0, 0.1) is 3.57 Å². The molecular formula is C11H6BrF6INO4S-. The van der Waals surface area contributed by atoms with E-state index in [0.29, 0.717) is 8.89 Å². The van der Waals surface area contributed by atoms with E-state index in [1.807, 2.05) is 0 Å². The summed E-state index contributed by atoms with van der Waals surface area (Å²) >= 11 is 4.45. The van der Waals surface area contributed by atoms with Gasteiger partial charge in [0.1, 0.15) is 0 Å². The molecule has 0 saturated carbocycles. The average molecular weight is 569 g/mol. The van der Waals surface area contributed by atoms with Crippen LogP contribution in [0.15, 0.2) is 22.7 Å². The third kappa shape index (κ3) is 5.19. The highest BCUT2D eigenvalue weighted by atomic mass is 127. The predicted octanol–water partition coefficient (Wildman–Crippen LogP) is 3.19. The number of rotatable bonds is 4. The molecule has 1 N–H and O–H groups in total. The van der Waals surface area contributed by atoms with Gasteiger partial charge in [-0.2, -0.15) is 26.3 Å². The number of halogens is 8. The van der Waals surface area contributed by atoms with Crippen molar-refractivity contribution in [2.45, 2.75) is 17.9 Å². The Balaban J connectivity index is 3.53. The topological polar surface area (TPSA) is 86.3 Å². The Labute approximate surface area is 159 Å². The molecule has 5 nitrogen and oxygen atoms in total. The quantitative estimate of drug-likeness (QED) is 0.343. The molecule has 142 valence electrons. The Bertz CT molecular complexity index is 766. The van der Waals surface area contributed by atoms with Crippen LogP contribution in [0.25, 0.3) is 0 Å². The van der Waals surface area contributed by atoms with Crippen molar-refractivity contribution in [1.82, 2.24) is 5.32 Å². The summed E-state index contributed by atoms with van der Waals surface area (Å²) in [5.74, 6) is -4.79. The Kier molecular flexibility index (Phi) is 6.45. The smallest absolute Gasteiger partial charge is 0.421 e. The first-order chi connectivity index (χ1) is 11.0. The van der Waals surface area contributed by atoms with E-state index in [1.54, 1.807) is 22.6 Å². The number of benzene rings is 1. The van der Waals surface area contributed by atoms with Crippen molar-refractivity contribution < 1.29 is 44.1 Å². The van der Waals surface area contributed by atoms with Crippen LogP contribution in [-0.2, 0) is 10.1 Å². The molecule has 0 saturated heterocycles. The minimum Gasteiger partial charge on any atom is -0.748 e. The number of hydrogen-bond acceptors (Lipinski definition) is 4. The summed E-state index contributed by atoms with van der Waals surface area (Å²) in [6, 6.07) is 3.58. The van der Waals surface area contributed by atoms with Gasteiger partial charge in [-0.1, -0.05) is 0 Å². The summed E-state index contributed by atoms with van der Waals surface area (Å²) in [6.07, 6.45) is -12.6. The van der Waals surface area contributed by atoms with Crippen LogP contribution < -0.4 is 5.32 Å². The summed E-state index contributed by atoms with van der Waals surface area (Å²) in [6.45, 7) is 0. The molecule has 0 heterocycles. The van der Waals surface area contributed by atoms with Crippen LogP contribution in [0.3, 0.4) is 0 Å². The Morgan fingerprint density at radius 1 is 1.16 bits per heavy atom. The van der Waals surface area contributed by atoms with Crippen LogP contribution in [0.1, 0.15) is 10.4 Å². The van der Waals surface area contributed by atoms with E-state index in [9.17, 15) is 44.1 Å². The number of hydrogen-bond donors (Lipinski definition) is 1. The highest BCUT2D eigenvalue weighted by molar-refractivity contribution is 14.1. The number of amides is 1. The van der Waals surface area contributed by atoms with Crippen LogP contribution in [0.2, 0.25) is 0 Å². The molecule has 25 heavy (non-hydrogen) atoms.